The maximum Gasteiger partial charge on any atom is 0.318 e. The molecule has 32 heavy (non-hydrogen) atoms. The lowest BCUT2D eigenvalue weighted by atomic mass is 10.0. The zero-order valence-electron chi connectivity index (χ0n) is 18.0. The lowest BCUT2D eigenvalue weighted by Crippen LogP contribution is -2.45. The van der Waals surface area contributed by atoms with Crippen molar-refractivity contribution < 1.29 is 4.79 Å². The van der Waals surface area contributed by atoms with E-state index in [1.54, 1.807) is 20.2 Å². The SMILES string of the molecule is CN(C)C(=O)c1cnc2c(c1)n(C)c(=O)c(=O)n2C1CCN(c2ncc(C#N)cn2)CC1. The van der Waals surface area contributed by atoms with Crippen LogP contribution < -0.4 is 16.0 Å². The van der Waals surface area contributed by atoms with Crippen LogP contribution in [0.15, 0.2) is 34.2 Å². The van der Waals surface area contributed by atoms with E-state index in [9.17, 15) is 14.4 Å². The summed E-state index contributed by atoms with van der Waals surface area (Å²) in [6.45, 7) is 1.16. The molecular weight excluding hydrogens is 412 g/mol. The average Bonchev–Trinajstić information content (AvgIpc) is 2.82. The fraction of sp³-hybridized carbons (Fsp3) is 0.381. The summed E-state index contributed by atoms with van der Waals surface area (Å²) >= 11 is 0. The summed E-state index contributed by atoms with van der Waals surface area (Å²) in [4.78, 5) is 54.2. The van der Waals surface area contributed by atoms with Gasteiger partial charge in [-0.15, -0.1) is 0 Å². The van der Waals surface area contributed by atoms with E-state index in [0.29, 0.717) is 54.2 Å². The third-order valence-electron chi connectivity index (χ3n) is 5.68. The standard InChI is InChI=1S/C21H22N8O3/c1-26(2)18(30)14-8-16-17(23-12-14)29(20(32)19(31)27(16)3)15-4-6-28(7-5-15)21-24-10-13(9-22)11-25-21/h8,10-12,15H,4-7H2,1-3H3. The number of hydrogen-bond donors (Lipinski definition) is 0. The van der Waals surface area contributed by atoms with Crippen LogP contribution in [-0.4, -0.2) is 62.1 Å². The number of carbonyl (C=O) groups is 1. The Morgan fingerprint density at radius 3 is 2.34 bits per heavy atom. The Morgan fingerprint density at radius 2 is 1.75 bits per heavy atom. The summed E-state index contributed by atoms with van der Waals surface area (Å²) < 4.78 is 2.70. The molecule has 1 saturated heterocycles. The van der Waals surface area contributed by atoms with Crippen molar-refractivity contribution in [2.45, 2.75) is 18.9 Å². The first-order valence-electron chi connectivity index (χ1n) is 10.1. The second-order valence-corrected chi connectivity index (χ2v) is 7.91. The van der Waals surface area contributed by atoms with Gasteiger partial charge in [0.05, 0.1) is 29.0 Å². The van der Waals surface area contributed by atoms with Gasteiger partial charge in [-0.3, -0.25) is 19.0 Å². The topological polar surface area (TPSA) is 130 Å². The van der Waals surface area contributed by atoms with Gasteiger partial charge in [0.1, 0.15) is 6.07 Å². The Bertz CT molecular complexity index is 1340. The van der Waals surface area contributed by atoms with E-state index in [1.165, 1.54) is 39.7 Å². The van der Waals surface area contributed by atoms with E-state index < -0.39 is 11.1 Å². The van der Waals surface area contributed by atoms with E-state index in [1.807, 2.05) is 11.0 Å². The molecule has 1 aliphatic rings. The second kappa shape index (κ2) is 8.22. The van der Waals surface area contributed by atoms with Crippen molar-refractivity contribution in [2.24, 2.45) is 7.05 Å². The van der Waals surface area contributed by atoms with Gasteiger partial charge >= 0.3 is 11.1 Å². The fourth-order valence-electron chi connectivity index (χ4n) is 3.91. The molecule has 164 valence electrons. The summed E-state index contributed by atoms with van der Waals surface area (Å²) in [6, 6.07) is 3.37. The highest BCUT2D eigenvalue weighted by Gasteiger charge is 2.26. The largest absolute Gasteiger partial charge is 0.345 e. The quantitative estimate of drug-likeness (QED) is 0.538. The number of pyridine rings is 1. The van der Waals surface area contributed by atoms with Crippen LogP contribution >= 0.6 is 0 Å². The molecule has 0 saturated carbocycles. The summed E-state index contributed by atoms with van der Waals surface area (Å²) in [7, 11) is 4.78. The van der Waals surface area contributed by atoms with Crippen molar-refractivity contribution >= 4 is 23.0 Å². The minimum atomic E-state index is -0.661. The van der Waals surface area contributed by atoms with Gasteiger partial charge in [-0.25, -0.2) is 15.0 Å². The molecule has 0 radical (unpaired) electrons. The van der Waals surface area contributed by atoms with Crippen molar-refractivity contribution in [1.82, 2.24) is 29.0 Å². The van der Waals surface area contributed by atoms with Crippen molar-refractivity contribution in [3.8, 4) is 6.07 Å². The number of nitrogens with zero attached hydrogens (tertiary/aromatic N) is 8. The fourth-order valence-corrected chi connectivity index (χ4v) is 3.91. The molecular formula is C21H22N8O3. The second-order valence-electron chi connectivity index (χ2n) is 7.91. The highest BCUT2D eigenvalue weighted by Crippen LogP contribution is 2.26. The van der Waals surface area contributed by atoms with Crippen LogP contribution in [0, 0.1) is 11.3 Å². The lowest BCUT2D eigenvalue weighted by molar-refractivity contribution is 0.0827. The van der Waals surface area contributed by atoms with Crippen LogP contribution in [0.4, 0.5) is 5.95 Å². The molecule has 3 aromatic rings. The van der Waals surface area contributed by atoms with E-state index in [2.05, 4.69) is 15.0 Å². The molecule has 0 atom stereocenters. The normalized spacial score (nSPS) is 14.4. The third kappa shape index (κ3) is 3.60. The van der Waals surface area contributed by atoms with Crippen LogP contribution in [0.2, 0.25) is 0 Å². The van der Waals surface area contributed by atoms with Gasteiger partial charge in [0.25, 0.3) is 5.91 Å². The highest BCUT2D eigenvalue weighted by molar-refractivity contribution is 5.96. The smallest absolute Gasteiger partial charge is 0.318 e. The third-order valence-corrected chi connectivity index (χ3v) is 5.68. The molecule has 0 aliphatic carbocycles. The van der Waals surface area contributed by atoms with Gasteiger partial charge in [-0.05, 0) is 18.9 Å². The van der Waals surface area contributed by atoms with Crippen LogP contribution in [-0.2, 0) is 7.05 Å². The summed E-state index contributed by atoms with van der Waals surface area (Å²) in [5, 5.41) is 8.90. The van der Waals surface area contributed by atoms with Crippen molar-refractivity contribution in [2.75, 3.05) is 32.1 Å². The van der Waals surface area contributed by atoms with Crippen LogP contribution in [0.1, 0.15) is 34.8 Å². The molecule has 4 heterocycles. The van der Waals surface area contributed by atoms with E-state index in [0.717, 1.165) is 0 Å². The Morgan fingerprint density at radius 1 is 1.09 bits per heavy atom. The summed E-state index contributed by atoms with van der Waals surface area (Å²) in [5.74, 6) is 0.286. The lowest BCUT2D eigenvalue weighted by Gasteiger charge is -2.33. The molecule has 4 rings (SSSR count). The number of nitriles is 1. The van der Waals surface area contributed by atoms with Gasteiger partial charge in [-0.2, -0.15) is 5.26 Å². The predicted octanol–water partition coefficient (Wildman–Crippen LogP) is 0.300. The number of carbonyl (C=O) groups excluding carboxylic acids is 1. The molecule has 0 bridgehead atoms. The minimum Gasteiger partial charge on any atom is -0.345 e. The number of rotatable bonds is 3. The van der Waals surface area contributed by atoms with Gasteiger partial charge in [0, 0.05) is 46.5 Å². The molecule has 3 aromatic heterocycles. The Hall–Kier alpha value is -4.07. The molecule has 1 aliphatic heterocycles. The maximum atomic E-state index is 12.9. The van der Waals surface area contributed by atoms with Crippen molar-refractivity contribution in [1.29, 1.82) is 5.26 Å². The Balaban J connectivity index is 1.68. The maximum absolute atomic E-state index is 12.9. The van der Waals surface area contributed by atoms with Crippen LogP contribution in [0.3, 0.4) is 0 Å². The van der Waals surface area contributed by atoms with Gasteiger partial charge in [0.2, 0.25) is 5.95 Å². The van der Waals surface area contributed by atoms with Gasteiger partial charge < -0.3 is 14.4 Å². The zero-order valence-corrected chi connectivity index (χ0v) is 18.0. The van der Waals surface area contributed by atoms with Crippen LogP contribution in [0.5, 0.6) is 0 Å². The Kier molecular flexibility index (Phi) is 5.44. The number of fused-ring (bicyclic) bond motifs is 1. The number of hydrogen-bond acceptors (Lipinski definition) is 8. The first-order chi connectivity index (χ1) is 15.3. The number of aromatic nitrogens is 5. The molecule has 0 aromatic carbocycles. The van der Waals surface area contributed by atoms with Gasteiger partial charge in [0.15, 0.2) is 5.65 Å². The molecule has 1 amide bonds. The molecule has 0 unspecified atom stereocenters. The zero-order chi connectivity index (χ0) is 23.0. The molecule has 1 fully saturated rings. The summed E-state index contributed by atoms with van der Waals surface area (Å²) in [6.07, 6.45) is 5.57. The number of amides is 1. The molecule has 0 spiro atoms. The van der Waals surface area contributed by atoms with E-state index >= 15 is 0 Å². The van der Waals surface area contributed by atoms with Crippen molar-refractivity contribution in [3.05, 3.63) is 56.5 Å². The summed E-state index contributed by atoms with van der Waals surface area (Å²) in [5.41, 5.74) is 0.245. The number of anilines is 1. The Labute approximate surface area is 183 Å². The molecule has 11 heteroatoms. The number of piperidine rings is 1. The van der Waals surface area contributed by atoms with E-state index in [4.69, 9.17) is 5.26 Å². The monoisotopic (exact) mass is 434 g/mol. The first kappa shape index (κ1) is 21.2. The molecule has 11 nitrogen and oxygen atoms in total. The van der Waals surface area contributed by atoms with E-state index in [-0.39, 0.29) is 11.9 Å². The number of aryl methyl sites for hydroxylation is 1. The highest BCUT2D eigenvalue weighted by atomic mass is 16.2. The van der Waals surface area contributed by atoms with Gasteiger partial charge in [-0.1, -0.05) is 0 Å². The average molecular weight is 434 g/mol. The molecule has 0 N–H and O–H groups in total. The minimum absolute atomic E-state index is 0.226. The van der Waals surface area contributed by atoms with Crippen LogP contribution in [0.25, 0.3) is 11.2 Å². The predicted molar refractivity (Wildman–Crippen MR) is 116 cm³/mol. The first-order valence-corrected chi connectivity index (χ1v) is 10.1. The van der Waals surface area contributed by atoms with Crippen molar-refractivity contribution in [3.63, 3.8) is 0 Å².